The Balaban J connectivity index is 0.886. The smallest absolute Gasteiger partial charge is 0.143 e. The summed E-state index contributed by atoms with van der Waals surface area (Å²) < 4.78 is 11.2. The summed E-state index contributed by atoms with van der Waals surface area (Å²) in [5, 5.41) is 7.33. The summed E-state index contributed by atoms with van der Waals surface area (Å²) in [4.78, 5) is 2.49. The molecule has 0 spiro atoms. The van der Waals surface area contributed by atoms with Crippen molar-refractivity contribution in [3.63, 3.8) is 0 Å². The standard InChI is InChI=1S/C60H41N3O/c1-2-13-43(14-3-1)62-57-23-10-6-17-51(57)54-39-42(29-38-58(54)62)40-25-30-44(31-26-40)61(45-32-27-41(28-33-45)48-19-12-20-53-52-18-7-11-24-59(52)64-60(48)53)46-34-36-47(37-35-46)63-55-21-8-4-15-49(55)50-16-5-9-22-56(50)63/h1-34,36-39,46H,35H2/t46-/m0/s1. The van der Waals surface area contributed by atoms with Crippen LogP contribution in [-0.2, 0) is 0 Å². The minimum Gasteiger partial charge on any atom is -0.455 e. The van der Waals surface area contributed by atoms with Crippen LogP contribution in [0.3, 0.4) is 0 Å². The van der Waals surface area contributed by atoms with Gasteiger partial charge in [0.25, 0.3) is 0 Å². The summed E-state index contributed by atoms with van der Waals surface area (Å²) in [6, 6.07) is 76.7. The van der Waals surface area contributed by atoms with Crippen molar-refractivity contribution in [1.82, 2.24) is 9.13 Å². The van der Waals surface area contributed by atoms with Gasteiger partial charge in [-0.25, -0.2) is 0 Å². The van der Waals surface area contributed by atoms with Crippen molar-refractivity contribution in [3.05, 3.63) is 231 Å². The molecule has 302 valence electrons. The van der Waals surface area contributed by atoms with E-state index in [2.05, 4.69) is 232 Å². The quantitative estimate of drug-likeness (QED) is 0.160. The van der Waals surface area contributed by atoms with Crippen molar-refractivity contribution in [2.75, 3.05) is 4.90 Å². The van der Waals surface area contributed by atoms with Gasteiger partial charge in [0.15, 0.2) is 0 Å². The predicted molar refractivity (Wildman–Crippen MR) is 269 cm³/mol. The fourth-order valence-corrected chi connectivity index (χ4v) is 10.3. The van der Waals surface area contributed by atoms with E-state index in [-0.39, 0.29) is 6.04 Å². The molecule has 9 aromatic carbocycles. The Labute approximate surface area is 370 Å². The molecule has 4 heteroatoms. The lowest BCUT2D eigenvalue weighted by Crippen LogP contribution is -2.30. The SMILES string of the molecule is C1=C[C@H](N(c2ccc(-c3ccc4c(c3)c3ccccc3n4-c3ccccc3)cc2)c2ccc(-c3cccc4c3oc3ccccc34)cc2)CC=C1n1c2ccccc2c2ccccc21. The van der Waals surface area contributed by atoms with E-state index in [9.17, 15) is 0 Å². The Morgan fingerprint density at radius 2 is 0.969 bits per heavy atom. The van der Waals surface area contributed by atoms with Gasteiger partial charge in [0, 0.05) is 60.6 Å². The molecule has 1 aliphatic carbocycles. The predicted octanol–water partition coefficient (Wildman–Crippen LogP) is 16.1. The molecular weight excluding hydrogens is 779 g/mol. The summed E-state index contributed by atoms with van der Waals surface area (Å²) in [6.07, 6.45) is 7.94. The molecule has 0 radical (unpaired) electrons. The zero-order valence-corrected chi connectivity index (χ0v) is 35.0. The average molecular weight is 820 g/mol. The van der Waals surface area contributed by atoms with Gasteiger partial charge in [-0.3, -0.25) is 0 Å². The number of fused-ring (bicyclic) bond motifs is 9. The molecule has 0 bridgehead atoms. The molecule has 0 amide bonds. The molecule has 3 heterocycles. The number of benzene rings is 9. The number of nitrogens with zero attached hydrogens (tertiary/aromatic N) is 3. The Morgan fingerprint density at radius 1 is 0.422 bits per heavy atom. The van der Waals surface area contributed by atoms with Crippen LogP contribution in [0.15, 0.2) is 235 Å². The second-order valence-electron chi connectivity index (χ2n) is 16.8. The molecule has 0 saturated heterocycles. The number of allylic oxidation sites excluding steroid dienone is 2. The van der Waals surface area contributed by atoms with Gasteiger partial charge in [-0.05, 0) is 102 Å². The summed E-state index contributed by atoms with van der Waals surface area (Å²) >= 11 is 0. The number of hydrogen-bond acceptors (Lipinski definition) is 2. The first-order valence-corrected chi connectivity index (χ1v) is 22.1. The minimum absolute atomic E-state index is 0.0906. The molecule has 12 aromatic rings. The van der Waals surface area contributed by atoms with Crippen LogP contribution >= 0.6 is 0 Å². The van der Waals surface area contributed by atoms with Crippen LogP contribution in [0.4, 0.5) is 11.4 Å². The van der Waals surface area contributed by atoms with Crippen molar-refractivity contribution in [2.45, 2.75) is 12.5 Å². The molecule has 1 atom stereocenters. The Bertz CT molecular complexity index is 3750. The monoisotopic (exact) mass is 819 g/mol. The maximum absolute atomic E-state index is 6.46. The zero-order chi connectivity index (χ0) is 42.1. The van der Waals surface area contributed by atoms with Crippen molar-refractivity contribution in [2.24, 2.45) is 0 Å². The lowest BCUT2D eigenvalue weighted by atomic mass is 9.99. The van der Waals surface area contributed by atoms with Gasteiger partial charge in [-0.1, -0.05) is 152 Å². The summed E-state index contributed by atoms with van der Waals surface area (Å²) in [5.74, 6) is 0. The van der Waals surface area contributed by atoms with Crippen molar-refractivity contribution >= 4 is 82.6 Å². The highest BCUT2D eigenvalue weighted by Gasteiger charge is 2.23. The number of furan rings is 1. The van der Waals surface area contributed by atoms with Gasteiger partial charge in [0.05, 0.1) is 28.1 Å². The molecule has 1 aliphatic rings. The molecule has 0 unspecified atom stereocenters. The van der Waals surface area contributed by atoms with Crippen LogP contribution in [0.5, 0.6) is 0 Å². The highest BCUT2D eigenvalue weighted by atomic mass is 16.3. The van der Waals surface area contributed by atoms with Gasteiger partial charge in [-0.15, -0.1) is 0 Å². The molecular formula is C60H41N3O. The van der Waals surface area contributed by atoms with Gasteiger partial charge in [-0.2, -0.15) is 0 Å². The first-order chi connectivity index (χ1) is 31.7. The number of anilines is 2. The van der Waals surface area contributed by atoms with Crippen molar-refractivity contribution in [1.29, 1.82) is 0 Å². The fourth-order valence-electron chi connectivity index (χ4n) is 10.3. The van der Waals surface area contributed by atoms with Gasteiger partial charge in [0.2, 0.25) is 0 Å². The van der Waals surface area contributed by atoms with E-state index in [4.69, 9.17) is 4.42 Å². The fraction of sp³-hybridized carbons (Fsp3) is 0.0333. The number of hydrogen-bond donors (Lipinski definition) is 0. The molecule has 13 rings (SSSR count). The maximum Gasteiger partial charge on any atom is 0.143 e. The summed E-state index contributed by atoms with van der Waals surface area (Å²) in [6.45, 7) is 0. The van der Waals surface area contributed by atoms with Crippen LogP contribution in [0.25, 0.3) is 99.2 Å². The summed E-state index contributed by atoms with van der Waals surface area (Å²) in [7, 11) is 0. The molecule has 4 nitrogen and oxygen atoms in total. The van der Waals surface area contributed by atoms with Crippen LogP contribution in [0, 0.1) is 0 Å². The Hall–Kier alpha value is -8.34. The number of para-hydroxylation sites is 6. The third-order valence-corrected chi connectivity index (χ3v) is 13.3. The van der Waals surface area contributed by atoms with E-state index in [0.29, 0.717) is 0 Å². The first-order valence-electron chi connectivity index (χ1n) is 22.1. The summed E-state index contributed by atoms with van der Waals surface area (Å²) in [5.41, 5.74) is 15.9. The topological polar surface area (TPSA) is 26.2 Å². The second-order valence-corrected chi connectivity index (χ2v) is 16.8. The van der Waals surface area contributed by atoms with E-state index < -0.39 is 0 Å². The lowest BCUT2D eigenvalue weighted by Gasteiger charge is -2.33. The molecule has 0 fully saturated rings. The van der Waals surface area contributed by atoms with Crippen LogP contribution in [0.1, 0.15) is 6.42 Å². The number of aromatic nitrogens is 2. The van der Waals surface area contributed by atoms with Crippen molar-refractivity contribution < 1.29 is 4.42 Å². The number of rotatable bonds is 7. The maximum atomic E-state index is 6.46. The molecule has 3 aromatic heterocycles. The van der Waals surface area contributed by atoms with Crippen LogP contribution in [-0.4, -0.2) is 15.2 Å². The van der Waals surface area contributed by atoms with Crippen molar-refractivity contribution in [3.8, 4) is 27.9 Å². The zero-order valence-electron chi connectivity index (χ0n) is 35.0. The average Bonchev–Trinajstić information content (AvgIpc) is 4.03. The molecule has 0 saturated carbocycles. The van der Waals surface area contributed by atoms with Gasteiger partial charge >= 0.3 is 0 Å². The van der Waals surface area contributed by atoms with E-state index >= 15 is 0 Å². The van der Waals surface area contributed by atoms with E-state index in [1.54, 1.807) is 0 Å². The van der Waals surface area contributed by atoms with Crippen LogP contribution < -0.4 is 4.90 Å². The molecule has 0 aliphatic heterocycles. The second kappa shape index (κ2) is 14.6. The first kappa shape index (κ1) is 36.3. The van der Waals surface area contributed by atoms with E-state index in [1.807, 2.05) is 12.1 Å². The van der Waals surface area contributed by atoms with Crippen LogP contribution in [0.2, 0.25) is 0 Å². The normalized spacial score (nSPS) is 14.1. The molecule has 0 N–H and O–H groups in total. The van der Waals surface area contributed by atoms with Gasteiger partial charge < -0.3 is 18.5 Å². The van der Waals surface area contributed by atoms with Gasteiger partial charge in [0.1, 0.15) is 11.2 Å². The van der Waals surface area contributed by atoms with E-state index in [1.165, 1.54) is 66.1 Å². The van der Waals surface area contributed by atoms with E-state index in [0.717, 1.165) is 50.9 Å². The highest BCUT2D eigenvalue weighted by Crippen LogP contribution is 2.41. The minimum atomic E-state index is 0.0906. The Kier molecular flexibility index (Phi) is 8.31. The highest BCUT2D eigenvalue weighted by molar-refractivity contribution is 6.12. The molecule has 64 heavy (non-hydrogen) atoms. The Morgan fingerprint density at radius 3 is 1.64 bits per heavy atom. The largest absolute Gasteiger partial charge is 0.455 e. The lowest BCUT2D eigenvalue weighted by molar-refractivity contribution is 0.670. The third kappa shape index (κ3) is 5.76. The third-order valence-electron chi connectivity index (χ3n) is 13.3.